The van der Waals surface area contributed by atoms with E-state index in [2.05, 4.69) is 17.4 Å². The summed E-state index contributed by atoms with van der Waals surface area (Å²) < 4.78 is 10.6. The lowest BCUT2D eigenvalue weighted by molar-refractivity contribution is 0.354. The molecule has 3 heteroatoms. The average Bonchev–Trinajstić information content (AvgIpc) is 2.86. The van der Waals surface area contributed by atoms with Crippen LogP contribution in [0.25, 0.3) is 0 Å². The number of hydrogen-bond acceptors (Lipinski definition) is 3. The number of nitrogens with one attached hydrogen (secondary N) is 1. The Morgan fingerprint density at radius 3 is 2.47 bits per heavy atom. The molecule has 2 atom stereocenters. The van der Waals surface area contributed by atoms with Gasteiger partial charge in [-0.05, 0) is 49.9 Å². The van der Waals surface area contributed by atoms with Crippen LogP contribution in [0.15, 0.2) is 18.2 Å². The van der Waals surface area contributed by atoms with Crippen molar-refractivity contribution in [3.8, 4) is 11.5 Å². The number of hydrogen-bond donors (Lipinski definition) is 1. The molecule has 1 N–H and O–H groups in total. The van der Waals surface area contributed by atoms with Gasteiger partial charge in [-0.25, -0.2) is 0 Å². The monoisotopic (exact) mass is 235 g/mol. The molecule has 2 rings (SSSR count). The molecule has 1 fully saturated rings. The fraction of sp³-hybridized carbons (Fsp3) is 0.571. The maximum atomic E-state index is 5.35. The minimum Gasteiger partial charge on any atom is -0.493 e. The Morgan fingerprint density at radius 2 is 1.88 bits per heavy atom. The molecule has 0 saturated heterocycles. The van der Waals surface area contributed by atoms with Crippen molar-refractivity contribution in [2.45, 2.75) is 31.2 Å². The van der Waals surface area contributed by atoms with E-state index >= 15 is 0 Å². The Hall–Kier alpha value is -1.22. The van der Waals surface area contributed by atoms with Gasteiger partial charge in [0.1, 0.15) is 0 Å². The largest absolute Gasteiger partial charge is 0.493 e. The fourth-order valence-electron chi connectivity index (χ4n) is 2.65. The zero-order chi connectivity index (χ0) is 12.3. The van der Waals surface area contributed by atoms with Crippen LogP contribution in [0.5, 0.6) is 11.5 Å². The molecule has 1 aromatic carbocycles. The molecule has 0 aliphatic heterocycles. The molecule has 2 unspecified atom stereocenters. The molecular weight excluding hydrogens is 214 g/mol. The first-order valence-corrected chi connectivity index (χ1v) is 6.17. The third-order valence-electron chi connectivity index (χ3n) is 3.72. The van der Waals surface area contributed by atoms with Crippen LogP contribution in [0.2, 0.25) is 0 Å². The average molecular weight is 235 g/mol. The fourth-order valence-corrected chi connectivity index (χ4v) is 2.65. The third kappa shape index (κ3) is 2.55. The molecule has 17 heavy (non-hydrogen) atoms. The summed E-state index contributed by atoms with van der Waals surface area (Å²) >= 11 is 0. The quantitative estimate of drug-likeness (QED) is 0.870. The van der Waals surface area contributed by atoms with Crippen LogP contribution in [0, 0.1) is 0 Å². The first kappa shape index (κ1) is 12.2. The standard InChI is InChI=1S/C14H21NO2/c1-15-12-6-4-10(8-12)11-5-7-13(16-2)14(9-11)17-3/h5,7,9-10,12,15H,4,6,8H2,1-3H3. The Kier molecular flexibility index (Phi) is 3.89. The minimum atomic E-state index is 0.646. The lowest BCUT2D eigenvalue weighted by atomic mass is 9.97. The molecule has 1 aromatic rings. The van der Waals surface area contributed by atoms with Gasteiger partial charge < -0.3 is 14.8 Å². The first-order valence-electron chi connectivity index (χ1n) is 6.17. The van der Waals surface area contributed by atoms with Crippen molar-refractivity contribution >= 4 is 0 Å². The van der Waals surface area contributed by atoms with Gasteiger partial charge in [0, 0.05) is 6.04 Å². The van der Waals surface area contributed by atoms with E-state index in [1.807, 2.05) is 13.1 Å². The normalized spacial score (nSPS) is 23.7. The number of methoxy groups -OCH3 is 2. The van der Waals surface area contributed by atoms with Crippen LogP contribution < -0.4 is 14.8 Å². The summed E-state index contributed by atoms with van der Waals surface area (Å²) in [6, 6.07) is 6.93. The van der Waals surface area contributed by atoms with Crippen molar-refractivity contribution in [1.82, 2.24) is 5.32 Å². The van der Waals surface area contributed by atoms with E-state index in [4.69, 9.17) is 9.47 Å². The first-order chi connectivity index (χ1) is 8.28. The van der Waals surface area contributed by atoms with E-state index in [0.29, 0.717) is 12.0 Å². The van der Waals surface area contributed by atoms with Crippen LogP contribution in [-0.4, -0.2) is 27.3 Å². The molecule has 0 heterocycles. The summed E-state index contributed by atoms with van der Waals surface area (Å²) in [6.07, 6.45) is 3.72. The molecule has 3 nitrogen and oxygen atoms in total. The van der Waals surface area contributed by atoms with Crippen LogP contribution in [0.1, 0.15) is 30.7 Å². The summed E-state index contributed by atoms with van der Waals surface area (Å²) in [5.74, 6) is 2.28. The van der Waals surface area contributed by atoms with Crippen molar-refractivity contribution in [3.05, 3.63) is 23.8 Å². The van der Waals surface area contributed by atoms with E-state index in [1.54, 1.807) is 14.2 Å². The summed E-state index contributed by atoms with van der Waals surface area (Å²) in [5, 5.41) is 3.36. The molecular formula is C14H21NO2. The van der Waals surface area contributed by atoms with Crippen molar-refractivity contribution < 1.29 is 9.47 Å². The van der Waals surface area contributed by atoms with E-state index < -0.39 is 0 Å². The molecule has 94 valence electrons. The van der Waals surface area contributed by atoms with E-state index in [1.165, 1.54) is 24.8 Å². The van der Waals surface area contributed by atoms with E-state index in [-0.39, 0.29) is 0 Å². The summed E-state index contributed by atoms with van der Waals surface area (Å²) in [6.45, 7) is 0. The second-order valence-electron chi connectivity index (χ2n) is 4.61. The second kappa shape index (κ2) is 5.41. The smallest absolute Gasteiger partial charge is 0.160 e. The highest BCUT2D eigenvalue weighted by atomic mass is 16.5. The Morgan fingerprint density at radius 1 is 1.12 bits per heavy atom. The Balaban J connectivity index is 2.16. The predicted molar refractivity (Wildman–Crippen MR) is 69.0 cm³/mol. The van der Waals surface area contributed by atoms with Gasteiger partial charge in [-0.2, -0.15) is 0 Å². The third-order valence-corrected chi connectivity index (χ3v) is 3.72. The molecule has 0 spiro atoms. The van der Waals surface area contributed by atoms with Gasteiger partial charge in [-0.3, -0.25) is 0 Å². The highest BCUT2D eigenvalue weighted by Gasteiger charge is 2.25. The molecule has 1 saturated carbocycles. The van der Waals surface area contributed by atoms with Crippen molar-refractivity contribution in [2.75, 3.05) is 21.3 Å². The van der Waals surface area contributed by atoms with Gasteiger partial charge in [0.15, 0.2) is 11.5 Å². The molecule has 1 aliphatic carbocycles. The van der Waals surface area contributed by atoms with Crippen molar-refractivity contribution in [3.63, 3.8) is 0 Å². The topological polar surface area (TPSA) is 30.5 Å². The predicted octanol–water partition coefficient (Wildman–Crippen LogP) is 2.56. The maximum Gasteiger partial charge on any atom is 0.160 e. The van der Waals surface area contributed by atoms with Crippen molar-refractivity contribution in [2.24, 2.45) is 0 Å². The SMILES string of the molecule is CNC1CCC(c2ccc(OC)c(OC)c2)C1. The number of rotatable bonds is 4. The molecule has 0 radical (unpaired) electrons. The zero-order valence-corrected chi connectivity index (χ0v) is 10.8. The Bertz CT molecular complexity index is 378. The van der Waals surface area contributed by atoms with Crippen LogP contribution in [0.4, 0.5) is 0 Å². The molecule has 1 aliphatic rings. The second-order valence-corrected chi connectivity index (χ2v) is 4.61. The highest BCUT2D eigenvalue weighted by Crippen LogP contribution is 2.38. The van der Waals surface area contributed by atoms with Crippen LogP contribution in [-0.2, 0) is 0 Å². The number of ether oxygens (including phenoxy) is 2. The van der Waals surface area contributed by atoms with Crippen LogP contribution in [0.3, 0.4) is 0 Å². The molecule has 0 bridgehead atoms. The Labute approximate surface area is 103 Å². The molecule has 0 amide bonds. The maximum absolute atomic E-state index is 5.35. The van der Waals surface area contributed by atoms with Gasteiger partial charge in [0.2, 0.25) is 0 Å². The van der Waals surface area contributed by atoms with E-state index in [9.17, 15) is 0 Å². The number of benzene rings is 1. The van der Waals surface area contributed by atoms with Crippen LogP contribution >= 0.6 is 0 Å². The molecule has 0 aromatic heterocycles. The summed E-state index contributed by atoms with van der Waals surface area (Å²) in [5.41, 5.74) is 1.36. The lowest BCUT2D eigenvalue weighted by Gasteiger charge is -2.14. The van der Waals surface area contributed by atoms with E-state index in [0.717, 1.165) is 11.5 Å². The van der Waals surface area contributed by atoms with Gasteiger partial charge >= 0.3 is 0 Å². The zero-order valence-electron chi connectivity index (χ0n) is 10.8. The van der Waals surface area contributed by atoms with Crippen molar-refractivity contribution in [1.29, 1.82) is 0 Å². The van der Waals surface area contributed by atoms with Gasteiger partial charge in [0.25, 0.3) is 0 Å². The summed E-state index contributed by atoms with van der Waals surface area (Å²) in [4.78, 5) is 0. The van der Waals surface area contributed by atoms with Gasteiger partial charge in [-0.1, -0.05) is 6.07 Å². The van der Waals surface area contributed by atoms with Gasteiger partial charge in [0.05, 0.1) is 14.2 Å². The van der Waals surface area contributed by atoms with Gasteiger partial charge in [-0.15, -0.1) is 0 Å². The highest BCUT2D eigenvalue weighted by molar-refractivity contribution is 5.44. The lowest BCUT2D eigenvalue weighted by Crippen LogP contribution is -2.21. The minimum absolute atomic E-state index is 0.646. The summed E-state index contributed by atoms with van der Waals surface area (Å²) in [7, 11) is 5.40.